The zero-order valence-electron chi connectivity index (χ0n) is 10.6. The lowest BCUT2D eigenvalue weighted by atomic mass is 10.2. The molecule has 0 saturated carbocycles. The molecule has 21 heavy (non-hydrogen) atoms. The van der Waals surface area contributed by atoms with Crippen molar-refractivity contribution in [3.63, 3.8) is 0 Å². The number of nitrogens with zero attached hydrogens (tertiary/aromatic N) is 3. The molecule has 0 amide bonds. The molecule has 3 aromatic rings. The van der Waals surface area contributed by atoms with Crippen molar-refractivity contribution in [1.82, 2.24) is 15.0 Å². The molecule has 0 radical (unpaired) electrons. The Bertz CT molecular complexity index is 810. The van der Waals surface area contributed by atoms with Gasteiger partial charge in [0.25, 0.3) is 0 Å². The van der Waals surface area contributed by atoms with Crippen molar-refractivity contribution in [3.8, 4) is 0 Å². The zero-order valence-corrected chi connectivity index (χ0v) is 13.0. The second kappa shape index (κ2) is 5.80. The van der Waals surface area contributed by atoms with Crippen LogP contribution in [0, 0.1) is 0 Å². The average Bonchev–Trinajstić information content (AvgIpc) is 2.52. The fraction of sp³-hybridized carbons (Fsp3) is 0. The standard InChI is InChI=1S/C13H10BrClN6/c14-8-6-18-13(21-16)20-12(8)19-10-4-3-9(15)7-2-1-5-17-11(7)10/h1-6H,16H2,(H2,18,19,20,21). The van der Waals surface area contributed by atoms with Gasteiger partial charge in [-0.2, -0.15) is 4.98 Å². The van der Waals surface area contributed by atoms with E-state index < -0.39 is 0 Å². The highest BCUT2D eigenvalue weighted by Gasteiger charge is 2.09. The van der Waals surface area contributed by atoms with E-state index in [1.165, 1.54) is 0 Å². The fourth-order valence-corrected chi connectivity index (χ4v) is 2.40. The maximum atomic E-state index is 6.18. The maximum Gasteiger partial charge on any atom is 0.239 e. The van der Waals surface area contributed by atoms with Gasteiger partial charge in [0.2, 0.25) is 5.95 Å². The SMILES string of the molecule is NNc1ncc(Br)c(Nc2ccc(Cl)c3cccnc23)n1. The molecule has 106 valence electrons. The van der Waals surface area contributed by atoms with E-state index >= 15 is 0 Å². The molecular weight excluding hydrogens is 356 g/mol. The Hall–Kier alpha value is -1.96. The monoisotopic (exact) mass is 364 g/mol. The van der Waals surface area contributed by atoms with Crippen molar-refractivity contribution in [1.29, 1.82) is 0 Å². The molecule has 0 atom stereocenters. The van der Waals surface area contributed by atoms with Crippen LogP contribution in [0.5, 0.6) is 0 Å². The topological polar surface area (TPSA) is 88.8 Å². The smallest absolute Gasteiger partial charge is 0.239 e. The van der Waals surface area contributed by atoms with E-state index in [0.29, 0.717) is 21.3 Å². The van der Waals surface area contributed by atoms with Gasteiger partial charge in [0.1, 0.15) is 5.82 Å². The first-order valence-electron chi connectivity index (χ1n) is 5.98. The van der Waals surface area contributed by atoms with E-state index in [1.807, 2.05) is 24.3 Å². The van der Waals surface area contributed by atoms with Gasteiger partial charge in [-0.05, 0) is 40.2 Å². The molecular formula is C13H10BrClN6. The first kappa shape index (κ1) is 14.0. The van der Waals surface area contributed by atoms with Gasteiger partial charge < -0.3 is 5.32 Å². The minimum atomic E-state index is 0.312. The molecule has 0 fully saturated rings. The first-order valence-corrected chi connectivity index (χ1v) is 7.15. The van der Waals surface area contributed by atoms with Gasteiger partial charge in [-0.3, -0.25) is 10.4 Å². The van der Waals surface area contributed by atoms with Crippen LogP contribution < -0.4 is 16.6 Å². The lowest BCUT2D eigenvalue weighted by molar-refractivity contribution is 1.11. The molecule has 2 aromatic heterocycles. The Morgan fingerprint density at radius 2 is 2.05 bits per heavy atom. The molecule has 0 spiro atoms. The van der Waals surface area contributed by atoms with E-state index in [9.17, 15) is 0 Å². The second-order valence-corrected chi connectivity index (χ2v) is 5.42. The summed E-state index contributed by atoms with van der Waals surface area (Å²) in [6.07, 6.45) is 3.32. The highest BCUT2D eigenvalue weighted by molar-refractivity contribution is 9.10. The van der Waals surface area contributed by atoms with Crippen molar-refractivity contribution in [2.24, 2.45) is 5.84 Å². The number of anilines is 3. The summed E-state index contributed by atoms with van der Waals surface area (Å²) in [6, 6.07) is 7.42. The lowest BCUT2D eigenvalue weighted by Gasteiger charge is -2.11. The number of rotatable bonds is 3. The Kier molecular flexibility index (Phi) is 3.87. The number of nitrogens with one attached hydrogen (secondary N) is 2. The van der Waals surface area contributed by atoms with Gasteiger partial charge in [0.05, 0.1) is 20.7 Å². The van der Waals surface area contributed by atoms with E-state index in [0.717, 1.165) is 16.6 Å². The Morgan fingerprint density at radius 1 is 1.19 bits per heavy atom. The third-order valence-corrected chi connectivity index (χ3v) is 3.75. The van der Waals surface area contributed by atoms with Crippen LogP contribution >= 0.6 is 27.5 Å². The minimum absolute atomic E-state index is 0.312. The number of halogens is 2. The Labute approximate surface area is 133 Å². The Morgan fingerprint density at radius 3 is 2.86 bits per heavy atom. The van der Waals surface area contributed by atoms with Gasteiger partial charge in [-0.1, -0.05) is 11.6 Å². The molecule has 0 aliphatic heterocycles. The summed E-state index contributed by atoms with van der Waals surface area (Å²) in [6.45, 7) is 0. The normalized spacial score (nSPS) is 10.6. The Balaban J connectivity index is 2.08. The minimum Gasteiger partial charge on any atom is -0.337 e. The lowest BCUT2D eigenvalue weighted by Crippen LogP contribution is -2.11. The number of hydrogen-bond acceptors (Lipinski definition) is 6. The molecule has 0 aliphatic rings. The summed E-state index contributed by atoms with van der Waals surface area (Å²) < 4.78 is 0.709. The van der Waals surface area contributed by atoms with Gasteiger partial charge >= 0.3 is 0 Å². The van der Waals surface area contributed by atoms with Crippen LogP contribution in [-0.4, -0.2) is 15.0 Å². The van der Waals surface area contributed by atoms with E-state index in [4.69, 9.17) is 17.4 Å². The van der Waals surface area contributed by atoms with E-state index in [2.05, 4.69) is 41.6 Å². The summed E-state index contributed by atoms with van der Waals surface area (Å²) in [5.74, 6) is 6.21. The van der Waals surface area contributed by atoms with Crippen molar-refractivity contribution < 1.29 is 0 Å². The maximum absolute atomic E-state index is 6.18. The van der Waals surface area contributed by atoms with Crippen LogP contribution in [0.2, 0.25) is 5.02 Å². The van der Waals surface area contributed by atoms with Crippen LogP contribution in [0.3, 0.4) is 0 Å². The van der Waals surface area contributed by atoms with E-state index in [1.54, 1.807) is 12.4 Å². The predicted molar refractivity (Wildman–Crippen MR) is 87.6 cm³/mol. The first-order chi connectivity index (χ1) is 10.2. The summed E-state index contributed by atoms with van der Waals surface area (Å²) in [5.41, 5.74) is 3.96. The van der Waals surface area contributed by atoms with Gasteiger partial charge in [0.15, 0.2) is 0 Å². The number of fused-ring (bicyclic) bond motifs is 1. The number of nitrogens with two attached hydrogens (primary N) is 1. The molecule has 0 aliphatic carbocycles. The van der Waals surface area contributed by atoms with Crippen LogP contribution in [0.1, 0.15) is 0 Å². The number of aromatic nitrogens is 3. The molecule has 3 rings (SSSR count). The third kappa shape index (κ3) is 2.76. The predicted octanol–water partition coefficient (Wildman–Crippen LogP) is 3.47. The molecule has 4 N–H and O–H groups in total. The van der Waals surface area contributed by atoms with Crippen LogP contribution in [0.25, 0.3) is 10.9 Å². The zero-order chi connectivity index (χ0) is 14.8. The van der Waals surface area contributed by atoms with Gasteiger partial charge in [-0.15, -0.1) is 0 Å². The van der Waals surface area contributed by atoms with E-state index in [-0.39, 0.29) is 0 Å². The number of pyridine rings is 1. The third-order valence-electron chi connectivity index (χ3n) is 2.84. The van der Waals surface area contributed by atoms with Gasteiger partial charge in [-0.25, -0.2) is 10.8 Å². The molecule has 0 bridgehead atoms. The summed E-state index contributed by atoms with van der Waals surface area (Å²) in [5, 5.41) is 4.72. The van der Waals surface area contributed by atoms with Crippen molar-refractivity contribution in [2.75, 3.05) is 10.7 Å². The largest absolute Gasteiger partial charge is 0.337 e. The summed E-state index contributed by atoms with van der Waals surface area (Å²) in [7, 11) is 0. The van der Waals surface area contributed by atoms with Crippen molar-refractivity contribution in [2.45, 2.75) is 0 Å². The fourth-order valence-electron chi connectivity index (χ4n) is 1.89. The van der Waals surface area contributed by atoms with Crippen LogP contribution in [0.4, 0.5) is 17.5 Å². The average molecular weight is 366 g/mol. The number of hydrazine groups is 1. The summed E-state index contributed by atoms with van der Waals surface area (Å²) in [4.78, 5) is 12.6. The molecule has 1 aromatic carbocycles. The summed E-state index contributed by atoms with van der Waals surface area (Å²) >= 11 is 9.57. The number of hydrogen-bond donors (Lipinski definition) is 3. The highest BCUT2D eigenvalue weighted by Crippen LogP contribution is 2.31. The molecule has 8 heteroatoms. The quantitative estimate of drug-likeness (QED) is 0.486. The highest BCUT2D eigenvalue weighted by atomic mass is 79.9. The molecule has 6 nitrogen and oxygen atoms in total. The number of benzene rings is 1. The second-order valence-electron chi connectivity index (χ2n) is 4.15. The number of nitrogen functional groups attached to an aromatic ring is 1. The van der Waals surface area contributed by atoms with Crippen molar-refractivity contribution in [3.05, 3.63) is 46.2 Å². The van der Waals surface area contributed by atoms with Crippen molar-refractivity contribution >= 4 is 55.9 Å². The molecule has 2 heterocycles. The van der Waals surface area contributed by atoms with Crippen LogP contribution in [-0.2, 0) is 0 Å². The van der Waals surface area contributed by atoms with Gasteiger partial charge in [0, 0.05) is 17.8 Å². The van der Waals surface area contributed by atoms with Crippen LogP contribution in [0.15, 0.2) is 41.1 Å². The molecule has 0 unspecified atom stereocenters. The molecule has 0 saturated heterocycles.